The van der Waals surface area contributed by atoms with Gasteiger partial charge in [0.15, 0.2) is 5.29 Å². The van der Waals surface area contributed by atoms with Crippen molar-refractivity contribution in [3.05, 3.63) is 10.9 Å². The molecule has 0 spiro atoms. The summed E-state index contributed by atoms with van der Waals surface area (Å²) in [6, 6.07) is 0. The Morgan fingerprint density at radius 3 is 2.25 bits per heavy atom. The highest BCUT2D eigenvalue weighted by Gasteiger charge is 2.25. The van der Waals surface area contributed by atoms with Gasteiger partial charge >= 0.3 is 0 Å². The molecule has 46 valence electrons. The maximum Gasteiger partial charge on any atom is 0.188 e. The van der Waals surface area contributed by atoms with Gasteiger partial charge in [-0.1, -0.05) is 11.6 Å². The Morgan fingerprint density at radius 1 is 1.62 bits per heavy atom. The summed E-state index contributed by atoms with van der Waals surface area (Å²) in [6.45, 7) is 1.75. The molecule has 0 saturated heterocycles. The molecule has 1 aliphatic rings. The molecule has 0 radical (unpaired) electrons. The molecule has 0 unspecified atom stereocenters. The van der Waals surface area contributed by atoms with Crippen molar-refractivity contribution in [2.75, 3.05) is 0 Å². The molecule has 0 heterocycles. The van der Waals surface area contributed by atoms with E-state index >= 15 is 0 Å². The van der Waals surface area contributed by atoms with Crippen LogP contribution in [0.4, 0.5) is 4.39 Å². The van der Waals surface area contributed by atoms with Crippen molar-refractivity contribution in [2.24, 2.45) is 5.92 Å². The third-order valence-corrected chi connectivity index (χ3v) is 1.79. The van der Waals surface area contributed by atoms with Gasteiger partial charge in [-0.2, -0.15) is 4.39 Å². The van der Waals surface area contributed by atoms with Gasteiger partial charge in [-0.25, -0.2) is 0 Å². The molecular formula is C6H8ClF. The van der Waals surface area contributed by atoms with Crippen LogP contribution in [0, 0.1) is 5.92 Å². The number of rotatable bonds is 1. The maximum absolute atomic E-state index is 12.0. The van der Waals surface area contributed by atoms with Gasteiger partial charge in [0.25, 0.3) is 0 Å². The molecule has 0 aromatic carbocycles. The summed E-state index contributed by atoms with van der Waals surface area (Å²) < 4.78 is 12.0. The Hall–Kier alpha value is -0.0400. The van der Waals surface area contributed by atoms with E-state index in [4.69, 9.17) is 11.6 Å². The van der Waals surface area contributed by atoms with E-state index in [1.54, 1.807) is 6.92 Å². The van der Waals surface area contributed by atoms with Crippen LogP contribution in [0.2, 0.25) is 0 Å². The molecule has 1 aliphatic carbocycles. The van der Waals surface area contributed by atoms with Crippen LogP contribution in [0.15, 0.2) is 10.9 Å². The first kappa shape index (κ1) is 6.09. The van der Waals surface area contributed by atoms with Gasteiger partial charge in [-0.05, 0) is 31.3 Å². The van der Waals surface area contributed by atoms with Gasteiger partial charge in [-0.15, -0.1) is 0 Å². The first-order valence-corrected chi connectivity index (χ1v) is 3.11. The van der Waals surface area contributed by atoms with Crippen LogP contribution in [-0.2, 0) is 0 Å². The minimum Gasteiger partial charge on any atom is -0.194 e. The fourth-order valence-corrected chi connectivity index (χ4v) is 0.825. The van der Waals surface area contributed by atoms with Crippen molar-refractivity contribution in [2.45, 2.75) is 19.8 Å². The molecule has 2 heteroatoms. The fourth-order valence-electron chi connectivity index (χ4n) is 0.671. The van der Waals surface area contributed by atoms with Gasteiger partial charge in [-0.3, -0.25) is 0 Å². The average molecular weight is 135 g/mol. The molecule has 0 aromatic rings. The van der Waals surface area contributed by atoms with Crippen molar-refractivity contribution in [1.82, 2.24) is 0 Å². The number of halogens is 2. The molecule has 1 saturated carbocycles. The second-order valence-corrected chi connectivity index (χ2v) is 2.55. The number of hydrogen-bond acceptors (Lipinski definition) is 0. The van der Waals surface area contributed by atoms with E-state index in [0.717, 1.165) is 18.4 Å². The molecule has 0 aliphatic heterocycles. The zero-order valence-corrected chi connectivity index (χ0v) is 5.50. The molecular weight excluding hydrogens is 127 g/mol. The summed E-state index contributed by atoms with van der Waals surface area (Å²) in [6.07, 6.45) is 2.23. The topological polar surface area (TPSA) is 0 Å². The minimum atomic E-state index is -0.507. The molecule has 8 heavy (non-hydrogen) atoms. The normalized spacial score (nSPS) is 22.9. The van der Waals surface area contributed by atoms with Crippen molar-refractivity contribution in [1.29, 1.82) is 0 Å². The molecule has 1 rings (SSSR count). The van der Waals surface area contributed by atoms with Crippen LogP contribution in [0.1, 0.15) is 19.8 Å². The van der Waals surface area contributed by atoms with Gasteiger partial charge in [0, 0.05) is 0 Å². The van der Waals surface area contributed by atoms with E-state index in [2.05, 4.69) is 0 Å². The standard InChI is InChI=1S/C6H8ClF/c1-4(6(7)8)5-2-3-5/h5H,2-3H2,1H3. The van der Waals surface area contributed by atoms with Crippen LogP contribution < -0.4 is 0 Å². The first-order valence-electron chi connectivity index (χ1n) is 2.73. The number of hydrogen-bond donors (Lipinski definition) is 0. The van der Waals surface area contributed by atoms with Crippen LogP contribution in [-0.4, -0.2) is 0 Å². The van der Waals surface area contributed by atoms with Gasteiger partial charge in [0.05, 0.1) is 0 Å². The third-order valence-electron chi connectivity index (χ3n) is 1.49. The second kappa shape index (κ2) is 2.06. The zero-order chi connectivity index (χ0) is 6.15. The molecule has 0 N–H and O–H groups in total. The first-order chi connectivity index (χ1) is 3.72. The predicted octanol–water partition coefficient (Wildman–Crippen LogP) is 2.84. The monoisotopic (exact) mass is 134 g/mol. The average Bonchev–Trinajstić information content (AvgIpc) is 2.43. The van der Waals surface area contributed by atoms with Crippen LogP contribution in [0.25, 0.3) is 0 Å². The van der Waals surface area contributed by atoms with Gasteiger partial charge < -0.3 is 0 Å². The van der Waals surface area contributed by atoms with E-state index in [9.17, 15) is 4.39 Å². The van der Waals surface area contributed by atoms with Crippen LogP contribution in [0.3, 0.4) is 0 Å². The summed E-state index contributed by atoms with van der Waals surface area (Å²) in [4.78, 5) is 0. The molecule has 1 fully saturated rings. The Balaban J connectivity index is 2.54. The largest absolute Gasteiger partial charge is 0.194 e. The minimum absolute atomic E-state index is 0.465. The lowest BCUT2D eigenvalue weighted by atomic mass is 10.2. The Labute approximate surface area is 53.3 Å². The predicted molar refractivity (Wildman–Crippen MR) is 32.4 cm³/mol. The van der Waals surface area contributed by atoms with Crippen molar-refractivity contribution in [3.8, 4) is 0 Å². The molecule has 0 nitrogen and oxygen atoms in total. The van der Waals surface area contributed by atoms with Crippen LogP contribution in [0.5, 0.6) is 0 Å². The third kappa shape index (κ3) is 1.22. The Kier molecular flexibility index (Phi) is 1.57. The second-order valence-electron chi connectivity index (χ2n) is 2.22. The Morgan fingerprint density at radius 2 is 2.12 bits per heavy atom. The molecule has 0 atom stereocenters. The fraction of sp³-hybridized carbons (Fsp3) is 0.667. The lowest BCUT2D eigenvalue weighted by Crippen LogP contribution is -1.77. The summed E-state index contributed by atoms with van der Waals surface area (Å²) >= 11 is 5.08. The molecule has 0 aromatic heterocycles. The Bertz CT molecular complexity index is 120. The van der Waals surface area contributed by atoms with Crippen molar-refractivity contribution < 1.29 is 4.39 Å². The lowest BCUT2D eigenvalue weighted by molar-refractivity contribution is 0.670. The summed E-state index contributed by atoms with van der Waals surface area (Å²) in [5.41, 5.74) is 0.728. The quantitative estimate of drug-likeness (QED) is 0.517. The van der Waals surface area contributed by atoms with Crippen molar-refractivity contribution >= 4 is 11.6 Å². The molecule has 0 bridgehead atoms. The highest BCUT2D eigenvalue weighted by molar-refractivity contribution is 6.28. The van der Waals surface area contributed by atoms with E-state index in [1.165, 1.54) is 0 Å². The summed E-state index contributed by atoms with van der Waals surface area (Å²) in [5.74, 6) is 0.465. The van der Waals surface area contributed by atoms with E-state index in [0.29, 0.717) is 5.92 Å². The summed E-state index contributed by atoms with van der Waals surface area (Å²) in [5, 5.41) is -0.507. The van der Waals surface area contributed by atoms with E-state index in [-0.39, 0.29) is 0 Å². The van der Waals surface area contributed by atoms with E-state index < -0.39 is 5.29 Å². The van der Waals surface area contributed by atoms with Gasteiger partial charge in [0.1, 0.15) is 0 Å². The summed E-state index contributed by atoms with van der Waals surface area (Å²) in [7, 11) is 0. The SMILES string of the molecule is CC(=C(F)Cl)C1CC1. The van der Waals surface area contributed by atoms with Crippen LogP contribution >= 0.6 is 11.6 Å². The number of allylic oxidation sites excluding steroid dienone is 1. The highest BCUT2D eigenvalue weighted by Crippen LogP contribution is 2.38. The smallest absolute Gasteiger partial charge is 0.188 e. The maximum atomic E-state index is 12.0. The zero-order valence-electron chi connectivity index (χ0n) is 4.75. The molecule has 0 amide bonds. The van der Waals surface area contributed by atoms with Crippen molar-refractivity contribution in [3.63, 3.8) is 0 Å². The highest BCUT2D eigenvalue weighted by atomic mass is 35.5. The van der Waals surface area contributed by atoms with Gasteiger partial charge in [0.2, 0.25) is 0 Å². The van der Waals surface area contributed by atoms with E-state index in [1.807, 2.05) is 0 Å². The lowest BCUT2D eigenvalue weighted by Gasteiger charge is -1.91.